The number of carbonyl (C=O) groups is 3. The van der Waals surface area contributed by atoms with Gasteiger partial charge in [0.2, 0.25) is 0 Å². The van der Waals surface area contributed by atoms with Crippen molar-refractivity contribution >= 4 is 34.9 Å². The molecule has 0 spiro atoms. The Balaban J connectivity index is 1.68. The molecule has 0 aliphatic carbocycles. The molecule has 8 nitrogen and oxygen atoms in total. The van der Waals surface area contributed by atoms with E-state index < -0.39 is 17.8 Å². The molecule has 0 atom stereocenters. The Labute approximate surface area is 169 Å². The predicted molar refractivity (Wildman–Crippen MR) is 108 cm³/mol. The third kappa shape index (κ3) is 3.06. The average molecular weight is 398 g/mol. The molecule has 2 aromatic carbocycles. The largest absolute Gasteiger partial charge is 0.454 e. The average Bonchev–Trinajstić information content (AvgIpc) is 3.35. The number of hydrogen-bond donors (Lipinski definition) is 2. The minimum Gasteiger partial charge on any atom is -0.454 e. The van der Waals surface area contributed by atoms with E-state index in [2.05, 4.69) is 15.7 Å². The molecule has 146 valence electrons. The maximum atomic E-state index is 12.2. The van der Waals surface area contributed by atoms with Gasteiger partial charge in [0, 0.05) is 17.1 Å². The summed E-state index contributed by atoms with van der Waals surface area (Å²) in [7, 11) is 0. The number of aromatic nitrogens is 2. The molecular weight excluding hydrogens is 384 g/mol. The van der Waals surface area contributed by atoms with Gasteiger partial charge in [0.25, 0.3) is 11.8 Å². The second-order valence-corrected chi connectivity index (χ2v) is 6.66. The van der Waals surface area contributed by atoms with Crippen LogP contribution in [0.3, 0.4) is 0 Å². The summed E-state index contributed by atoms with van der Waals surface area (Å²) in [4.78, 5) is 35.7. The quantitative estimate of drug-likeness (QED) is 0.408. The first kappa shape index (κ1) is 17.6. The number of fused-ring (bicyclic) bond motifs is 1. The molecule has 4 amide bonds. The fourth-order valence-corrected chi connectivity index (χ4v) is 3.26. The number of imide groups is 2. The van der Waals surface area contributed by atoms with Crippen molar-refractivity contribution in [3.8, 4) is 17.1 Å². The first-order chi connectivity index (χ1) is 14.6. The second kappa shape index (κ2) is 6.85. The summed E-state index contributed by atoms with van der Waals surface area (Å²) < 4.78 is 7.58. The summed E-state index contributed by atoms with van der Waals surface area (Å²) in [5, 5.41) is 9.67. The number of furan rings is 1. The van der Waals surface area contributed by atoms with Crippen LogP contribution in [0.1, 0.15) is 5.56 Å². The predicted octanol–water partition coefficient (Wildman–Crippen LogP) is 3.03. The molecule has 0 bridgehead atoms. The lowest BCUT2D eigenvalue weighted by molar-refractivity contribution is -0.123. The number of carbonyl (C=O) groups excluding carboxylic acids is 3. The van der Waals surface area contributed by atoms with Gasteiger partial charge in [-0.3, -0.25) is 20.2 Å². The van der Waals surface area contributed by atoms with Crippen LogP contribution in [-0.2, 0) is 9.59 Å². The lowest BCUT2D eigenvalue weighted by atomic mass is 10.1. The van der Waals surface area contributed by atoms with E-state index in [1.54, 1.807) is 10.9 Å². The van der Waals surface area contributed by atoms with Crippen LogP contribution in [0.25, 0.3) is 34.2 Å². The lowest BCUT2D eigenvalue weighted by Gasteiger charge is -2.13. The number of barbiturate groups is 1. The number of nitrogens with zero attached hydrogens (tertiary/aromatic N) is 2. The van der Waals surface area contributed by atoms with Gasteiger partial charge in [-0.1, -0.05) is 36.4 Å². The molecule has 2 aromatic heterocycles. The molecule has 4 aromatic rings. The van der Waals surface area contributed by atoms with Crippen molar-refractivity contribution < 1.29 is 18.8 Å². The molecule has 5 rings (SSSR count). The van der Waals surface area contributed by atoms with Crippen LogP contribution in [0.2, 0.25) is 0 Å². The van der Waals surface area contributed by atoms with Gasteiger partial charge in [-0.2, -0.15) is 5.10 Å². The zero-order chi connectivity index (χ0) is 20.7. The molecule has 1 aliphatic heterocycles. The van der Waals surface area contributed by atoms with Crippen LogP contribution < -0.4 is 10.6 Å². The molecule has 2 N–H and O–H groups in total. The molecule has 0 saturated carbocycles. The molecule has 30 heavy (non-hydrogen) atoms. The van der Waals surface area contributed by atoms with Crippen molar-refractivity contribution in [1.29, 1.82) is 0 Å². The van der Waals surface area contributed by atoms with Gasteiger partial charge >= 0.3 is 6.03 Å². The zero-order valence-electron chi connectivity index (χ0n) is 15.5. The van der Waals surface area contributed by atoms with Crippen molar-refractivity contribution in [2.75, 3.05) is 0 Å². The number of benzene rings is 2. The zero-order valence-corrected chi connectivity index (χ0v) is 15.5. The van der Waals surface area contributed by atoms with Gasteiger partial charge in [-0.25, -0.2) is 9.48 Å². The summed E-state index contributed by atoms with van der Waals surface area (Å²) in [5.41, 5.74) is 2.25. The Morgan fingerprint density at radius 2 is 1.60 bits per heavy atom. The molecule has 0 unspecified atom stereocenters. The summed E-state index contributed by atoms with van der Waals surface area (Å²) in [6, 6.07) is 17.9. The topological polar surface area (TPSA) is 106 Å². The van der Waals surface area contributed by atoms with Crippen molar-refractivity contribution in [2.24, 2.45) is 0 Å². The Morgan fingerprint density at radius 1 is 0.900 bits per heavy atom. The van der Waals surface area contributed by atoms with Gasteiger partial charge in [0.1, 0.15) is 16.9 Å². The molecule has 0 radical (unpaired) electrons. The number of amides is 4. The van der Waals surface area contributed by atoms with Gasteiger partial charge in [0.05, 0.1) is 5.69 Å². The SMILES string of the molecule is O=C1NC(=O)C(=Cc2cn(-c3ccccc3)nc2-c2cc3ccccc3o2)C(=O)N1. The van der Waals surface area contributed by atoms with E-state index in [-0.39, 0.29) is 5.57 Å². The number of rotatable bonds is 3. The smallest absolute Gasteiger partial charge is 0.328 e. The summed E-state index contributed by atoms with van der Waals surface area (Å²) in [6.45, 7) is 0. The van der Waals surface area contributed by atoms with Crippen LogP contribution in [0.15, 0.2) is 76.9 Å². The van der Waals surface area contributed by atoms with Crippen LogP contribution in [0.5, 0.6) is 0 Å². The first-order valence-electron chi connectivity index (χ1n) is 9.11. The number of hydrogen-bond acceptors (Lipinski definition) is 5. The van der Waals surface area contributed by atoms with E-state index in [1.807, 2.05) is 60.7 Å². The van der Waals surface area contributed by atoms with Gasteiger partial charge < -0.3 is 4.42 Å². The Bertz CT molecular complexity index is 1290. The van der Waals surface area contributed by atoms with E-state index in [1.165, 1.54) is 6.08 Å². The summed E-state index contributed by atoms with van der Waals surface area (Å²) in [5.74, 6) is -1.05. The van der Waals surface area contributed by atoms with Crippen LogP contribution in [0.4, 0.5) is 4.79 Å². The van der Waals surface area contributed by atoms with Crippen LogP contribution in [-0.4, -0.2) is 27.6 Å². The second-order valence-electron chi connectivity index (χ2n) is 6.66. The number of urea groups is 1. The third-order valence-corrected chi connectivity index (χ3v) is 4.67. The number of nitrogens with one attached hydrogen (secondary N) is 2. The van der Waals surface area contributed by atoms with E-state index in [9.17, 15) is 14.4 Å². The third-order valence-electron chi connectivity index (χ3n) is 4.67. The highest BCUT2D eigenvalue weighted by molar-refractivity contribution is 6.31. The molecule has 1 saturated heterocycles. The van der Waals surface area contributed by atoms with Gasteiger partial charge in [0.15, 0.2) is 5.76 Å². The van der Waals surface area contributed by atoms with Crippen molar-refractivity contribution in [3.63, 3.8) is 0 Å². The number of para-hydroxylation sites is 2. The Morgan fingerprint density at radius 3 is 2.33 bits per heavy atom. The van der Waals surface area contributed by atoms with E-state index in [0.29, 0.717) is 22.6 Å². The highest BCUT2D eigenvalue weighted by atomic mass is 16.3. The lowest BCUT2D eigenvalue weighted by Crippen LogP contribution is -2.51. The monoisotopic (exact) mass is 398 g/mol. The fourth-order valence-electron chi connectivity index (χ4n) is 3.26. The normalized spacial score (nSPS) is 14.0. The highest BCUT2D eigenvalue weighted by Gasteiger charge is 2.28. The van der Waals surface area contributed by atoms with E-state index >= 15 is 0 Å². The molecule has 1 aliphatic rings. The minimum atomic E-state index is -0.848. The Hall–Kier alpha value is -4.46. The molecule has 1 fully saturated rings. The van der Waals surface area contributed by atoms with Crippen molar-refractivity contribution in [3.05, 3.63) is 78.0 Å². The maximum Gasteiger partial charge on any atom is 0.328 e. The molecule has 3 heterocycles. The summed E-state index contributed by atoms with van der Waals surface area (Å²) in [6.07, 6.45) is 3.09. The van der Waals surface area contributed by atoms with Crippen LogP contribution in [0, 0.1) is 0 Å². The van der Waals surface area contributed by atoms with E-state index in [4.69, 9.17) is 4.42 Å². The Kier molecular flexibility index (Phi) is 4.03. The van der Waals surface area contributed by atoms with Crippen LogP contribution >= 0.6 is 0 Å². The van der Waals surface area contributed by atoms with Crippen molar-refractivity contribution in [2.45, 2.75) is 0 Å². The standard InChI is InChI=1S/C22H14N4O4/c27-20-16(21(28)24-22(29)23-20)10-14-12-26(15-7-2-1-3-8-15)25-19(14)18-11-13-6-4-5-9-17(13)30-18/h1-12H,(H2,23,24,27,28,29). The van der Waals surface area contributed by atoms with Crippen molar-refractivity contribution in [1.82, 2.24) is 20.4 Å². The highest BCUT2D eigenvalue weighted by Crippen LogP contribution is 2.31. The first-order valence-corrected chi connectivity index (χ1v) is 9.11. The molecular formula is C22H14N4O4. The van der Waals surface area contributed by atoms with E-state index in [0.717, 1.165) is 11.1 Å². The fraction of sp³-hybridized carbons (Fsp3) is 0. The molecule has 8 heteroatoms. The summed E-state index contributed by atoms with van der Waals surface area (Å²) >= 11 is 0. The maximum absolute atomic E-state index is 12.2. The van der Waals surface area contributed by atoms with Gasteiger partial charge in [-0.05, 0) is 30.3 Å². The minimum absolute atomic E-state index is 0.195. The van der Waals surface area contributed by atoms with Gasteiger partial charge in [-0.15, -0.1) is 0 Å².